The van der Waals surface area contributed by atoms with Crippen molar-refractivity contribution in [2.45, 2.75) is 32.9 Å². The molecule has 0 aliphatic heterocycles. The lowest BCUT2D eigenvalue weighted by Gasteiger charge is -2.19. The van der Waals surface area contributed by atoms with Gasteiger partial charge in [-0.15, -0.1) is 0 Å². The van der Waals surface area contributed by atoms with Gasteiger partial charge in [0.1, 0.15) is 11.6 Å². The number of fused-ring (bicyclic) bond motifs is 1. The van der Waals surface area contributed by atoms with Crippen LogP contribution in [0.15, 0.2) is 27.1 Å². The third-order valence-corrected chi connectivity index (χ3v) is 3.05. The minimum Gasteiger partial charge on any atom is -0.458 e. The number of hydrogen-bond acceptors (Lipinski definition) is 2. The molecule has 17 heavy (non-hydrogen) atoms. The van der Waals surface area contributed by atoms with E-state index in [4.69, 9.17) is 4.42 Å². The molecule has 0 aliphatic rings. The van der Waals surface area contributed by atoms with Crippen LogP contribution in [0.4, 0.5) is 4.39 Å². The number of halogens is 2. The Morgan fingerprint density at radius 1 is 1.35 bits per heavy atom. The van der Waals surface area contributed by atoms with Crippen molar-refractivity contribution in [3.63, 3.8) is 0 Å². The van der Waals surface area contributed by atoms with Crippen LogP contribution in [0.1, 0.15) is 26.5 Å². The smallest absolute Gasteiger partial charge is 0.151 e. The molecule has 1 heterocycles. The molecular formula is C13H15BrFNO. The second-order valence-electron chi connectivity index (χ2n) is 5.09. The van der Waals surface area contributed by atoms with Crippen molar-refractivity contribution in [3.05, 3.63) is 34.2 Å². The van der Waals surface area contributed by atoms with E-state index >= 15 is 0 Å². The first-order chi connectivity index (χ1) is 7.87. The van der Waals surface area contributed by atoms with E-state index < -0.39 is 0 Å². The molecule has 92 valence electrons. The molecule has 4 heteroatoms. The zero-order chi connectivity index (χ0) is 12.6. The highest BCUT2D eigenvalue weighted by molar-refractivity contribution is 9.10. The molecule has 0 aliphatic carbocycles. The van der Waals surface area contributed by atoms with Crippen LogP contribution in [-0.2, 0) is 6.54 Å². The van der Waals surface area contributed by atoms with Crippen molar-refractivity contribution < 1.29 is 8.81 Å². The van der Waals surface area contributed by atoms with Crippen LogP contribution in [0.2, 0.25) is 0 Å². The Morgan fingerprint density at radius 3 is 2.65 bits per heavy atom. The molecule has 0 saturated heterocycles. The molecule has 0 atom stereocenters. The summed E-state index contributed by atoms with van der Waals surface area (Å²) in [5.74, 6) is 0.481. The van der Waals surface area contributed by atoms with Crippen molar-refractivity contribution in [2.24, 2.45) is 0 Å². The molecule has 2 nitrogen and oxygen atoms in total. The van der Waals surface area contributed by atoms with Gasteiger partial charge in [-0.1, -0.05) is 0 Å². The van der Waals surface area contributed by atoms with E-state index in [0.29, 0.717) is 17.5 Å². The van der Waals surface area contributed by atoms with E-state index in [1.165, 1.54) is 6.07 Å². The molecule has 0 radical (unpaired) electrons. The van der Waals surface area contributed by atoms with Crippen LogP contribution in [0.3, 0.4) is 0 Å². The Balaban J connectivity index is 2.32. The fraction of sp³-hybridized carbons (Fsp3) is 0.385. The average molecular weight is 300 g/mol. The van der Waals surface area contributed by atoms with Gasteiger partial charge in [0, 0.05) is 5.54 Å². The highest BCUT2D eigenvalue weighted by Gasteiger charge is 2.13. The zero-order valence-electron chi connectivity index (χ0n) is 10.1. The third kappa shape index (κ3) is 2.87. The molecule has 0 saturated carbocycles. The Bertz CT molecular complexity index is 503. The molecule has 0 amide bonds. The lowest BCUT2D eigenvalue weighted by Crippen LogP contribution is -2.34. The maximum absolute atomic E-state index is 13.6. The number of nitrogens with one attached hydrogen (secondary N) is 1. The summed E-state index contributed by atoms with van der Waals surface area (Å²) in [5, 5.41) is 3.83. The fourth-order valence-corrected chi connectivity index (χ4v) is 1.97. The van der Waals surface area contributed by atoms with Gasteiger partial charge in [-0.3, -0.25) is 0 Å². The Hall–Kier alpha value is -0.870. The first kappa shape index (κ1) is 12.6. The quantitative estimate of drug-likeness (QED) is 0.898. The summed E-state index contributed by atoms with van der Waals surface area (Å²) >= 11 is 3.35. The summed E-state index contributed by atoms with van der Waals surface area (Å²) in [7, 11) is 0. The molecule has 1 N–H and O–H groups in total. The molecule has 2 rings (SSSR count). The van der Waals surface area contributed by atoms with Crippen LogP contribution in [-0.4, -0.2) is 5.54 Å². The summed E-state index contributed by atoms with van der Waals surface area (Å²) in [5.41, 5.74) is 0.574. The van der Waals surface area contributed by atoms with Gasteiger partial charge in [-0.25, -0.2) is 4.39 Å². The molecule has 1 aromatic carbocycles. The monoisotopic (exact) mass is 299 g/mol. The highest BCUT2D eigenvalue weighted by Crippen LogP contribution is 2.29. The molecule has 1 aromatic heterocycles. The highest BCUT2D eigenvalue weighted by atomic mass is 79.9. The van der Waals surface area contributed by atoms with Gasteiger partial charge in [-0.05, 0) is 54.9 Å². The van der Waals surface area contributed by atoms with Crippen molar-refractivity contribution in [1.82, 2.24) is 5.32 Å². The predicted molar refractivity (Wildman–Crippen MR) is 70.5 cm³/mol. The van der Waals surface area contributed by atoms with Gasteiger partial charge in [0.2, 0.25) is 0 Å². The van der Waals surface area contributed by atoms with Crippen LogP contribution >= 0.6 is 15.9 Å². The normalized spacial score (nSPS) is 12.3. The maximum Gasteiger partial charge on any atom is 0.151 e. The topological polar surface area (TPSA) is 25.2 Å². The van der Waals surface area contributed by atoms with E-state index in [2.05, 4.69) is 42.0 Å². The first-order valence-corrected chi connectivity index (χ1v) is 6.27. The maximum atomic E-state index is 13.6. The first-order valence-electron chi connectivity index (χ1n) is 5.48. The number of furan rings is 1. The van der Waals surface area contributed by atoms with Gasteiger partial charge in [0.15, 0.2) is 5.58 Å². The predicted octanol–water partition coefficient (Wildman–Crippen LogP) is 4.22. The Kier molecular flexibility index (Phi) is 3.27. The van der Waals surface area contributed by atoms with E-state index in [1.54, 1.807) is 12.1 Å². The number of rotatable bonds is 2. The van der Waals surface area contributed by atoms with Crippen LogP contribution < -0.4 is 5.32 Å². The summed E-state index contributed by atoms with van der Waals surface area (Å²) in [6.45, 7) is 6.81. The van der Waals surface area contributed by atoms with Crippen LogP contribution in [0.25, 0.3) is 11.0 Å². The van der Waals surface area contributed by atoms with Gasteiger partial charge in [0.25, 0.3) is 0 Å². The van der Waals surface area contributed by atoms with E-state index in [9.17, 15) is 4.39 Å². The SMILES string of the molecule is CC(C)(C)NCc1cc2c(F)ccc(Br)c2o1. The summed E-state index contributed by atoms with van der Waals surface area (Å²) in [6.07, 6.45) is 0. The van der Waals surface area contributed by atoms with E-state index in [0.717, 1.165) is 10.2 Å². The molecule has 0 bridgehead atoms. The van der Waals surface area contributed by atoms with Crippen molar-refractivity contribution >= 4 is 26.9 Å². The summed E-state index contributed by atoms with van der Waals surface area (Å²) < 4.78 is 20.0. The van der Waals surface area contributed by atoms with Gasteiger partial charge >= 0.3 is 0 Å². The van der Waals surface area contributed by atoms with E-state index in [-0.39, 0.29) is 11.4 Å². The van der Waals surface area contributed by atoms with Gasteiger partial charge in [0.05, 0.1) is 16.4 Å². The molecule has 0 unspecified atom stereocenters. The van der Waals surface area contributed by atoms with Crippen molar-refractivity contribution in [2.75, 3.05) is 0 Å². The van der Waals surface area contributed by atoms with Crippen LogP contribution in [0.5, 0.6) is 0 Å². The molecular weight excluding hydrogens is 285 g/mol. The number of benzene rings is 1. The second kappa shape index (κ2) is 4.42. The van der Waals surface area contributed by atoms with Crippen molar-refractivity contribution in [3.8, 4) is 0 Å². The van der Waals surface area contributed by atoms with Gasteiger partial charge in [-0.2, -0.15) is 0 Å². The molecule has 0 fully saturated rings. The Labute approximate surface area is 108 Å². The number of hydrogen-bond donors (Lipinski definition) is 1. The van der Waals surface area contributed by atoms with Crippen molar-refractivity contribution in [1.29, 1.82) is 0 Å². The standard InChI is InChI=1S/C13H15BrFNO/c1-13(2,3)16-7-8-6-9-11(15)5-4-10(14)12(9)17-8/h4-6,16H,7H2,1-3H3. The fourth-order valence-electron chi connectivity index (χ4n) is 1.55. The molecule has 2 aromatic rings. The Morgan fingerprint density at radius 2 is 2.06 bits per heavy atom. The van der Waals surface area contributed by atoms with Crippen LogP contribution in [0, 0.1) is 5.82 Å². The lowest BCUT2D eigenvalue weighted by atomic mass is 10.1. The minimum atomic E-state index is -0.256. The summed E-state index contributed by atoms with van der Waals surface area (Å²) in [6, 6.07) is 4.83. The third-order valence-electron chi connectivity index (χ3n) is 2.43. The summed E-state index contributed by atoms with van der Waals surface area (Å²) in [4.78, 5) is 0. The zero-order valence-corrected chi connectivity index (χ0v) is 11.7. The minimum absolute atomic E-state index is 0.00868. The lowest BCUT2D eigenvalue weighted by molar-refractivity contribution is 0.395. The largest absolute Gasteiger partial charge is 0.458 e. The molecule has 0 spiro atoms. The second-order valence-corrected chi connectivity index (χ2v) is 5.94. The van der Waals surface area contributed by atoms with E-state index in [1.807, 2.05) is 0 Å². The average Bonchev–Trinajstić information content (AvgIpc) is 2.65. The van der Waals surface area contributed by atoms with Gasteiger partial charge < -0.3 is 9.73 Å².